The Morgan fingerprint density at radius 2 is 2.43 bits per heavy atom. The van der Waals surface area contributed by atoms with Gasteiger partial charge in [-0.1, -0.05) is 0 Å². The molecule has 0 amide bonds. The van der Waals surface area contributed by atoms with E-state index in [1.165, 1.54) is 0 Å². The number of hydrogen-bond acceptors (Lipinski definition) is 3. The predicted octanol–water partition coefficient (Wildman–Crippen LogP) is 0.917. The van der Waals surface area contributed by atoms with Crippen molar-refractivity contribution in [3.05, 3.63) is 30.2 Å². The smallest absolute Gasteiger partial charge is 0.312 e. The van der Waals surface area contributed by atoms with Crippen molar-refractivity contribution < 1.29 is 9.90 Å². The van der Waals surface area contributed by atoms with E-state index in [-0.39, 0.29) is 0 Å². The van der Waals surface area contributed by atoms with Crippen LogP contribution in [0.5, 0.6) is 0 Å². The van der Waals surface area contributed by atoms with Gasteiger partial charge in [-0.2, -0.15) is 5.10 Å². The predicted molar refractivity (Wildman–Crippen MR) is 49.0 cm³/mol. The van der Waals surface area contributed by atoms with Gasteiger partial charge in [-0.05, 0) is 13.0 Å². The summed E-state index contributed by atoms with van der Waals surface area (Å²) in [7, 11) is 0. The Morgan fingerprint density at radius 1 is 1.64 bits per heavy atom. The lowest BCUT2D eigenvalue weighted by atomic mass is 10.1. The molecule has 14 heavy (non-hydrogen) atoms. The molecular formula is C9H9N3O2. The summed E-state index contributed by atoms with van der Waals surface area (Å²) in [6.07, 6.45) is 3.38. The van der Waals surface area contributed by atoms with Crippen molar-refractivity contribution in [1.82, 2.24) is 14.6 Å². The minimum absolute atomic E-state index is 0.524. The van der Waals surface area contributed by atoms with Crippen LogP contribution in [0.15, 0.2) is 24.5 Å². The highest BCUT2D eigenvalue weighted by molar-refractivity contribution is 5.75. The Hall–Kier alpha value is -1.91. The number of aromatic nitrogens is 3. The third kappa shape index (κ3) is 1.32. The number of carbonyl (C=O) groups is 1. The maximum absolute atomic E-state index is 10.7. The molecule has 1 atom stereocenters. The van der Waals surface area contributed by atoms with Crippen molar-refractivity contribution in [1.29, 1.82) is 0 Å². The van der Waals surface area contributed by atoms with Crippen molar-refractivity contribution in [2.75, 3.05) is 0 Å². The highest BCUT2D eigenvalue weighted by Crippen LogP contribution is 2.14. The van der Waals surface area contributed by atoms with E-state index in [1.54, 1.807) is 36.0 Å². The Kier molecular flexibility index (Phi) is 1.92. The van der Waals surface area contributed by atoms with E-state index in [0.29, 0.717) is 11.3 Å². The molecule has 0 aromatic carbocycles. The molecule has 5 nitrogen and oxygen atoms in total. The van der Waals surface area contributed by atoms with Gasteiger partial charge in [-0.15, -0.1) is 0 Å². The Labute approximate surface area is 80.0 Å². The SMILES string of the molecule is CC(C(=O)O)c1cc2ncccn2n1. The molecule has 0 aliphatic rings. The topological polar surface area (TPSA) is 67.5 Å². The van der Waals surface area contributed by atoms with E-state index in [1.807, 2.05) is 0 Å². The van der Waals surface area contributed by atoms with E-state index < -0.39 is 11.9 Å². The maximum Gasteiger partial charge on any atom is 0.312 e. The van der Waals surface area contributed by atoms with Gasteiger partial charge in [0.05, 0.1) is 11.6 Å². The van der Waals surface area contributed by atoms with Gasteiger partial charge in [0.2, 0.25) is 0 Å². The molecule has 0 aliphatic carbocycles. The van der Waals surface area contributed by atoms with Crippen LogP contribution in [0, 0.1) is 0 Å². The molecule has 0 aliphatic heterocycles. The van der Waals surface area contributed by atoms with Crippen LogP contribution in [0.4, 0.5) is 0 Å². The van der Waals surface area contributed by atoms with Crippen LogP contribution >= 0.6 is 0 Å². The lowest BCUT2D eigenvalue weighted by Gasteiger charge is -1.98. The summed E-state index contributed by atoms with van der Waals surface area (Å²) >= 11 is 0. The van der Waals surface area contributed by atoms with Crippen molar-refractivity contribution in [2.45, 2.75) is 12.8 Å². The molecule has 2 heterocycles. The standard InChI is InChI=1S/C9H9N3O2/c1-6(9(13)14)7-5-8-10-3-2-4-12(8)11-7/h2-6H,1H3,(H,13,14). The van der Waals surface area contributed by atoms with Crippen LogP contribution in [0.2, 0.25) is 0 Å². The van der Waals surface area contributed by atoms with Crippen molar-refractivity contribution in [3.8, 4) is 0 Å². The average molecular weight is 191 g/mol. The molecule has 2 aromatic heterocycles. The number of carboxylic acid groups (broad SMARTS) is 1. The molecule has 2 aromatic rings. The third-order valence-electron chi connectivity index (χ3n) is 2.07. The van der Waals surface area contributed by atoms with E-state index in [2.05, 4.69) is 10.1 Å². The fourth-order valence-electron chi connectivity index (χ4n) is 1.19. The number of aliphatic carboxylic acids is 1. The van der Waals surface area contributed by atoms with Crippen LogP contribution in [0.25, 0.3) is 5.65 Å². The van der Waals surface area contributed by atoms with Gasteiger partial charge < -0.3 is 5.11 Å². The first-order valence-corrected chi connectivity index (χ1v) is 4.21. The summed E-state index contributed by atoms with van der Waals surface area (Å²) in [6.45, 7) is 1.60. The first-order chi connectivity index (χ1) is 6.68. The summed E-state index contributed by atoms with van der Waals surface area (Å²) < 4.78 is 1.56. The first kappa shape index (κ1) is 8.68. The Bertz CT molecular complexity index is 445. The summed E-state index contributed by atoms with van der Waals surface area (Å²) in [6, 6.07) is 3.42. The van der Waals surface area contributed by atoms with Gasteiger partial charge in [0.15, 0.2) is 5.65 Å². The van der Waals surface area contributed by atoms with Crippen molar-refractivity contribution in [2.24, 2.45) is 0 Å². The fourth-order valence-corrected chi connectivity index (χ4v) is 1.19. The molecule has 1 unspecified atom stereocenters. The molecule has 0 fully saturated rings. The largest absolute Gasteiger partial charge is 0.481 e. The number of fused-ring (bicyclic) bond motifs is 1. The van der Waals surface area contributed by atoms with Crippen LogP contribution in [-0.4, -0.2) is 25.7 Å². The van der Waals surface area contributed by atoms with E-state index >= 15 is 0 Å². The molecule has 0 spiro atoms. The zero-order valence-corrected chi connectivity index (χ0v) is 7.58. The van der Waals surface area contributed by atoms with Gasteiger partial charge in [-0.25, -0.2) is 9.50 Å². The quantitative estimate of drug-likeness (QED) is 0.766. The van der Waals surface area contributed by atoms with Gasteiger partial charge in [-0.3, -0.25) is 4.79 Å². The monoisotopic (exact) mass is 191 g/mol. The summed E-state index contributed by atoms with van der Waals surface area (Å²) in [5, 5.41) is 12.9. The van der Waals surface area contributed by atoms with Gasteiger partial charge >= 0.3 is 5.97 Å². The molecular weight excluding hydrogens is 182 g/mol. The van der Waals surface area contributed by atoms with E-state index in [9.17, 15) is 4.79 Å². The number of hydrogen-bond donors (Lipinski definition) is 1. The molecule has 0 saturated carbocycles. The maximum atomic E-state index is 10.7. The first-order valence-electron chi connectivity index (χ1n) is 4.21. The summed E-state index contributed by atoms with van der Waals surface area (Å²) in [4.78, 5) is 14.8. The van der Waals surface area contributed by atoms with Crippen LogP contribution < -0.4 is 0 Å². The molecule has 1 N–H and O–H groups in total. The number of carboxylic acids is 1. The Balaban J connectivity index is 2.50. The summed E-state index contributed by atoms with van der Waals surface area (Å²) in [5.74, 6) is -1.48. The van der Waals surface area contributed by atoms with E-state index in [0.717, 1.165) is 0 Å². The Morgan fingerprint density at radius 3 is 3.07 bits per heavy atom. The lowest BCUT2D eigenvalue weighted by Crippen LogP contribution is -2.07. The van der Waals surface area contributed by atoms with Crippen LogP contribution in [0.3, 0.4) is 0 Å². The number of nitrogens with zero attached hydrogens (tertiary/aromatic N) is 3. The third-order valence-corrected chi connectivity index (χ3v) is 2.07. The zero-order valence-electron chi connectivity index (χ0n) is 7.58. The van der Waals surface area contributed by atoms with Crippen molar-refractivity contribution >= 4 is 11.6 Å². The van der Waals surface area contributed by atoms with Crippen molar-refractivity contribution in [3.63, 3.8) is 0 Å². The highest BCUT2D eigenvalue weighted by atomic mass is 16.4. The summed E-state index contributed by atoms with van der Waals surface area (Å²) in [5.41, 5.74) is 1.19. The van der Waals surface area contributed by atoms with Crippen LogP contribution in [0.1, 0.15) is 18.5 Å². The average Bonchev–Trinajstić information content (AvgIpc) is 2.59. The lowest BCUT2D eigenvalue weighted by molar-refractivity contribution is -0.138. The highest BCUT2D eigenvalue weighted by Gasteiger charge is 2.17. The van der Waals surface area contributed by atoms with Gasteiger partial charge in [0.25, 0.3) is 0 Å². The van der Waals surface area contributed by atoms with E-state index in [4.69, 9.17) is 5.11 Å². The number of rotatable bonds is 2. The minimum Gasteiger partial charge on any atom is -0.481 e. The minimum atomic E-state index is -0.881. The van der Waals surface area contributed by atoms with Crippen LogP contribution in [-0.2, 0) is 4.79 Å². The molecule has 72 valence electrons. The zero-order chi connectivity index (χ0) is 10.1. The molecule has 2 rings (SSSR count). The molecule has 5 heteroatoms. The second-order valence-electron chi connectivity index (χ2n) is 3.05. The fraction of sp³-hybridized carbons (Fsp3) is 0.222. The van der Waals surface area contributed by atoms with Gasteiger partial charge in [0.1, 0.15) is 0 Å². The second kappa shape index (κ2) is 3.10. The second-order valence-corrected chi connectivity index (χ2v) is 3.05. The molecule has 0 bridgehead atoms. The van der Waals surface area contributed by atoms with Gasteiger partial charge in [0, 0.05) is 18.5 Å². The normalized spacial score (nSPS) is 12.9. The molecule has 0 radical (unpaired) electrons. The molecule has 0 saturated heterocycles.